The van der Waals surface area contributed by atoms with Gasteiger partial charge in [-0.3, -0.25) is 0 Å². The SMILES string of the molecule is OCC/C=[CH]\[Ge]([c]1ccccc1)([c]1ccccc1)[c]1ccccc1. The van der Waals surface area contributed by atoms with Crippen LogP contribution in [0.2, 0.25) is 0 Å². The summed E-state index contributed by atoms with van der Waals surface area (Å²) in [5, 5.41) is 9.24. The fourth-order valence-corrected chi connectivity index (χ4v) is 12.1. The zero-order chi connectivity index (χ0) is 16.7. The molecule has 0 bridgehead atoms. The average Bonchev–Trinajstić information content (AvgIpc) is 2.68. The minimum atomic E-state index is -2.91. The van der Waals surface area contributed by atoms with E-state index in [0.29, 0.717) is 6.42 Å². The van der Waals surface area contributed by atoms with Gasteiger partial charge in [0, 0.05) is 0 Å². The van der Waals surface area contributed by atoms with E-state index in [9.17, 15) is 5.11 Å². The molecule has 0 heterocycles. The molecule has 0 aliphatic carbocycles. The van der Waals surface area contributed by atoms with Crippen molar-refractivity contribution >= 4 is 26.5 Å². The van der Waals surface area contributed by atoms with Crippen LogP contribution in [0.5, 0.6) is 0 Å². The molecular formula is C22H22GeO. The van der Waals surface area contributed by atoms with Gasteiger partial charge in [0.15, 0.2) is 0 Å². The van der Waals surface area contributed by atoms with Crippen LogP contribution in [-0.4, -0.2) is 25.0 Å². The van der Waals surface area contributed by atoms with Gasteiger partial charge < -0.3 is 0 Å². The van der Waals surface area contributed by atoms with Crippen LogP contribution in [0.4, 0.5) is 0 Å². The molecule has 1 N–H and O–H groups in total. The summed E-state index contributed by atoms with van der Waals surface area (Å²) in [7, 11) is 0. The molecule has 3 aromatic rings. The van der Waals surface area contributed by atoms with Crippen LogP contribution >= 0.6 is 0 Å². The van der Waals surface area contributed by atoms with Crippen LogP contribution in [0.3, 0.4) is 0 Å². The van der Waals surface area contributed by atoms with Gasteiger partial charge >= 0.3 is 147 Å². The third-order valence-corrected chi connectivity index (χ3v) is 13.7. The van der Waals surface area contributed by atoms with Crippen molar-refractivity contribution in [3.8, 4) is 0 Å². The number of hydrogen-bond donors (Lipinski definition) is 1. The van der Waals surface area contributed by atoms with Crippen molar-refractivity contribution < 1.29 is 5.11 Å². The molecule has 0 atom stereocenters. The molecule has 0 aliphatic rings. The van der Waals surface area contributed by atoms with Crippen LogP contribution in [0.15, 0.2) is 102 Å². The minimum absolute atomic E-state index is 0.188. The van der Waals surface area contributed by atoms with E-state index in [1.807, 2.05) is 0 Å². The molecule has 1 nitrogen and oxygen atoms in total. The first-order chi connectivity index (χ1) is 11.9. The third kappa shape index (κ3) is 3.38. The number of aliphatic hydroxyl groups excluding tert-OH is 1. The van der Waals surface area contributed by atoms with Crippen molar-refractivity contribution in [2.45, 2.75) is 6.42 Å². The Morgan fingerprint density at radius 2 is 1.00 bits per heavy atom. The molecule has 0 aliphatic heterocycles. The molecular weight excluding hydrogens is 353 g/mol. The second-order valence-corrected chi connectivity index (χ2v) is 13.5. The third-order valence-electron chi connectivity index (χ3n) is 4.35. The van der Waals surface area contributed by atoms with Gasteiger partial charge in [-0.2, -0.15) is 0 Å². The molecule has 0 amide bonds. The summed E-state index contributed by atoms with van der Waals surface area (Å²) in [6.45, 7) is 0.188. The monoisotopic (exact) mass is 376 g/mol. The zero-order valence-electron chi connectivity index (χ0n) is 13.7. The van der Waals surface area contributed by atoms with E-state index in [1.165, 1.54) is 13.2 Å². The van der Waals surface area contributed by atoms with E-state index in [1.54, 1.807) is 0 Å². The predicted molar refractivity (Wildman–Crippen MR) is 105 cm³/mol. The summed E-state index contributed by atoms with van der Waals surface area (Å²) < 4.78 is 4.22. The molecule has 0 unspecified atom stereocenters. The summed E-state index contributed by atoms with van der Waals surface area (Å²) in [5.41, 5.74) is 0. The van der Waals surface area contributed by atoms with Gasteiger partial charge in [-0.05, 0) is 0 Å². The number of benzene rings is 3. The number of rotatable bonds is 6. The Labute approximate surface area is 146 Å². The van der Waals surface area contributed by atoms with Gasteiger partial charge in [-0.15, -0.1) is 0 Å². The molecule has 24 heavy (non-hydrogen) atoms. The van der Waals surface area contributed by atoms with E-state index in [4.69, 9.17) is 0 Å². The van der Waals surface area contributed by atoms with Crippen LogP contribution in [-0.2, 0) is 0 Å². The van der Waals surface area contributed by atoms with Crippen LogP contribution in [0.25, 0.3) is 0 Å². The molecule has 0 radical (unpaired) electrons. The Morgan fingerprint density at radius 3 is 1.33 bits per heavy atom. The average molecular weight is 375 g/mol. The topological polar surface area (TPSA) is 20.2 Å². The van der Waals surface area contributed by atoms with Crippen molar-refractivity contribution in [1.82, 2.24) is 0 Å². The Hall–Kier alpha value is -2.10. The van der Waals surface area contributed by atoms with Gasteiger partial charge in [0.2, 0.25) is 0 Å². The van der Waals surface area contributed by atoms with Gasteiger partial charge in [0.05, 0.1) is 0 Å². The summed E-state index contributed by atoms with van der Waals surface area (Å²) in [6.07, 6.45) is 2.85. The summed E-state index contributed by atoms with van der Waals surface area (Å²) in [6, 6.07) is 32.5. The summed E-state index contributed by atoms with van der Waals surface area (Å²) in [4.78, 5) is 2.41. The molecule has 0 fully saturated rings. The first-order valence-corrected chi connectivity index (χ1v) is 12.7. The Kier molecular flexibility index (Phi) is 5.68. The summed E-state index contributed by atoms with van der Waals surface area (Å²) >= 11 is -2.91. The van der Waals surface area contributed by atoms with Crippen LogP contribution in [0.1, 0.15) is 6.42 Å². The van der Waals surface area contributed by atoms with Crippen molar-refractivity contribution in [3.05, 3.63) is 102 Å². The van der Waals surface area contributed by atoms with E-state index >= 15 is 0 Å². The van der Waals surface area contributed by atoms with Crippen molar-refractivity contribution in [2.24, 2.45) is 0 Å². The molecule has 0 spiro atoms. The van der Waals surface area contributed by atoms with Crippen LogP contribution in [0, 0.1) is 0 Å². The first-order valence-electron chi connectivity index (χ1n) is 8.33. The Morgan fingerprint density at radius 1 is 0.625 bits per heavy atom. The molecule has 3 aromatic carbocycles. The van der Waals surface area contributed by atoms with E-state index < -0.39 is 13.3 Å². The molecule has 2 heteroatoms. The maximum atomic E-state index is 9.24. The van der Waals surface area contributed by atoms with Crippen molar-refractivity contribution in [1.29, 1.82) is 0 Å². The van der Waals surface area contributed by atoms with Gasteiger partial charge in [0.1, 0.15) is 0 Å². The fourth-order valence-electron chi connectivity index (χ4n) is 3.23. The zero-order valence-corrected chi connectivity index (χ0v) is 15.8. The Balaban J connectivity index is 2.28. The fraction of sp³-hybridized carbons (Fsp3) is 0.0909. The van der Waals surface area contributed by atoms with Gasteiger partial charge in [0.25, 0.3) is 0 Å². The molecule has 0 saturated heterocycles. The second kappa shape index (κ2) is 8.14. The van der Waals surface area contributed by atoms with Crippen LogP contribution < -0.4 is 13.2 Å². The molecule has 3 rings (SSSR count). The molecule has 0 saturated carbocycles. The normalized spacial score (nSPS) is 11.7. The van der Waals surface area contributed by atoms with E-state index in [-0.39, 0.29) is 6.61 Å². The number of aliphatic hydroxyl groups is 1. The maximum absolute atomic E-state index is 9.24. The second-order valence-electron chi connectivity index (χ2n) is 5.82. The first kappa shape index (κ1) is 16.7. The van der Waals surface area contributed by atoms with Crippen molar-refractivity contribution in [2.75, 3.05) is 6.61 Å². The quantitative estimate of drug-likeness (QED) is 0.657. The molecule has 0 aromatic heterocycles. The van der Waals surface area contributed by atoms with E-state index in [0.717, 1.165) is 0 Å². The van der Waals surface area contributed by atoms with Crippen molar-refractivity contribution in [3.63, 3.8) is 0 Å². The standard InChI is InChI=1S/C22H22GeO/c24-19-11-10-18-23(20-12-4-1-5-13-20,21-14-6-2-7-15-21)22-16-8-3-9-17-22/h1-10,12-18,24H,11,19H2/b18-10-. The van der Waals surface area contributed by atoms with E-state index in [2.05, 4.69) is 102 Å². The predicted octanol–water partition coefficient (Wildman–Crippen LogP) is 2.63. The van der Waals surface area contributed by atoms with Gasteiger partial charge in [-0.1, -0.05) is 0 Å². The Bertz CT molecular complexity index is 670. The van der Waals surface area contributed by atoms with Gasteiger partial charge in [-0.25, -0.2) is 0 Å². The molecule has 120 valence electrons. The summed E-state index contributed by atoms with van der Waals surface area (Å²) in [5.74, 6) is 0. The number of hydrogen-bond acceptors (Lipinski definition) is 1.